The highest BCUT2D eigenvalue weighted by molar-refractivity contribution is 7.90. The van der Waals surface area contributed by atoms with E-state index in [4.69, 9.17) is 37.4 Å². The van der Waals surface area contributed by atoms with Crippen molar-refractivity contribution in [1.82, 2.24) is 14.2 Å². The molecule has 194 valence electrons. The quantitative estimate of drug-likeness (QED) is 0.451. The maximum atomic E-state index is 13.0. The number of aromatic nitrogens is 1. The van der Waals surface area contributed by atoms with Crippen molar-refractivity contribution in [2.45, 2.75) is 24.7 Å². The summed E-state index contributed by atoms with van der Waals surface area (Å²) in [4.78, 5) is 31.9. The fourth-order valence-corrected chi connectivity index (χ4v) is 5.98. The van der Waals surface area contributed by atoms with Crippen LogP contribution in [0.4, 0.5) is 0 Å². The van der Waals surface area contributed by atoms with Gasteiger partial charge in [0.1, 0.15) is 22.1 Å². The van der Waals surface area contributed by atoms with Crippen LogP contribution < -0.4 is 4.74 Å². The first-order valence-corrected chi connectivity index (χ1v) is 13.5. The first kappa shape index (κ1) is 26.6. The minimum atomic E-state index is -4.19. The van der Waals surface area contributed by atoms with Gasteiger partial charge in [-0.25, -0.2) is 18.2 Å². The third-order valence-corrected chi connectivity index (χ3v) is 8.28. The second kappa shape index (κ2) is 10.9. The molecule has 0 bridgehead atoms. The topological polar surface area (TPSA) is 115 Å². The first-order valence-electron chi connectivity index (χ1n) is 11.3. The van der Waals surface area contributed by atoms with E-state index in [9.17, 15) is 18.0 Å². The third-order valence-electron chi connectivity index (χ3n) is 5.90. The number of halogens is 2. The van der Waals surface area contributed by atoms with E-state index in [2.05, 4.69) is 9.88 Å². The summed E-state index contributed by atoms with van der Waals surface area (Å²) in [5, 5.41) is -0.276. The second-order valence-electron chi connectivity index (χ2n) is 8.50. The van der Waals surface area contributed by atoms with Crippen molar-refractivity contribution in [1.29, 1.82) is 0 Å². The summed E-state index contributed by atoms with van der Waals surface area (Å²) in [6.45, 7) is 6.60. The van der Waals surface area contributed by atoms with Gasteiger partial charge >= 0.3 is 5.97 Å². The lowest BCUT2D eigenvalue weighted by molar-refractivity contribution is 0.0317. The minimum absolute atomic E-state index is 0.0138. The molecular weight excluding hydrogens is 533 g/mol. The molecule has 13 heteroatoms. The Hall–Kier alpha value is -2.44. The number of fused-ring (bicyclic) bond motifs is 1. The minimum Gasteiger partial charge on any atom is -0.475 e. The van der Waals surface area contributed by atoms with Crippen LogP contribution in [-0.4, -0.2) is 80.7 Å². The summed E-state index contributed by atoms with van der Waals surface area (Å²) < 4.78 is 42.6. The normalized spacial score (nSPS) is 17.4. The Morgan fingerprint density at radius 1 is 1.22 bits per heavy atom. The third kappa shape index (κ3) is 5.16. The van der Waals surface area contributed by atoms with Crippen LogP contribution in [0, 0.1) is 0 Å². The number of benzene rings is 1. The largest absolute Gasteiger partial charge is 0.475 e. The number of amides is 1. The number of carbonyl (C=O) groups excluding carboxylic acids is 2. The van der Waals surface area contributed by atoms with E-state index in [0.29, 0.717) is 29.6 Å². The molecule has 2 aliphatic rings. The summed E-state index contributed by atoms with van der Waals surface area (Å²) in [5.74, 6) is -1.88. The predicted octanol–water partition coefficient (Wildman–Crippen LogP) is 3.18. The molecule has 0 aliphatic carbocycles. The molecule has 0 saturated carbocycles. The number of pyridine rings is 1. The molecule has 1 aromatic heterocycles. The number of hydrogen-bond acceptors (Lipinski definition) is 9. The summed E-state index contributed by atoms with van der Waals surface area (Å²) in [7, 11) is -4.19. The van der Waals surface area contributed by atoms with E-state index >= 15 is 0 Å². The monoisotopic (exact) mass is 557 g/mol. The molecule has 3 heterocycles. The van der Waals surface area contributed by atoms with Crippen molar-refractivity contribution in [3.05, 3.63) is 51.1 Å². The SMILES string of the molecule is CC(C)c1cccc2c1C(=O)N(COC(=O)c1c(Cl)cnc(OCCN3CCOCC3)c1Cl)S2(=O)=O. The Balaban J connectivity index is 1.46. The number of nitrogens with zero attached hydrogens (tertiary/aromatic N) is 3. The second-order valence-corrected chi connectivity index (χ2v) is 11.1. The Morgan fingerprint density at radius 2 is 1.94 bits per heavy atom. The highest BCUT2D eigenvalue weighted by Crippen LogP contribution is 2.36. The molecule has 2 aliphatic heterocycles. The molecule has 0 unspecified atom stereocenters. The van der Waals surface area contributed by atoms with Crippen molar-refractivity contribution < 1.29 is 32.2 Å². The molecule has 0 N–H and O–H groups in total. The van der Waals surface area contributed by atoms with Gasteiger partial charge in [0.05, 0.1) is 30.0 Å². The lowest BCUT2D eigenvalue weighted by Crippen LogP contribution is -2.38. The van der Waals surface area contributed by atoms with Gasteiger partial charge in [0.25, 0.3) is 15.9 Å². The molecule has 0 spiro atoms. The average molecular weight is 558 g/mol. The summed E-state index contributed by atoms with van der Waals surface area (Å²) in [6.07, 6.45) is 1.19. The molecule has 1 amide bonds. The van der Waals surface area contributed by atoms with E-state index in [0.717, 1.165) is 13.1 Å². The zero-order chi connectivity index (χ0) is 26.0. The van der Waals surface area contributed by atoms with Crippen LogP contribution in [0.5, 0.6) is 5.88 Å². The van der Waals surface area contributed by atoms with E-state index in [1.807, 2.05) is 13.8 Å². The van der Waals surface area contributed by atoms with Gasteiger partial charge in [-0.15, -0.1) is 0 Å². The van der Waals surface area contributed by atoms with Crippen LogP contribution in [0.25, 0.3) is 0 Å². The van der Waals surface area contributed by atoms with E-state index in [-0.39, 0.29) is 44.5 Å². The number of carbonyl (C=O) groups is 2. The van der Waals surface area contributed by atoms with E-state index < -0.39 is 28.6 Å². The van der Waals surface area contributed by atoms with E-state index in [1.54, 1.807) is 12.1 Å². The number of sulfonamides is 1. The summed E-state index contributed by atoms with van der Waals surface area (Å²) in [6, 6.07) is 4.63. The molecule has 4 rings (SSSR count). The molecule has 36 heavy (non-hydrogen) atoms. The molecule has 1 saturated heterocycles. The molecule has 1 aromatic carbocycles. The molecular formula is C23H25Cl2N3O7S. The lowest BCUT2D eigenvalue weighted by atomic mass is 9.97. The molecule has 2 aromatic rings. The Bertz CT molecular complexity index is 1280. The summed E-state index contributed by atoms with van der Waals surface area (Å²) in [5.41, 5.74) is 0.438. The first-order chi connectivity index (χ1) is 17.1. The highest BCUT2D eigenvalue weighted by atomic mass is 35.5. The number of hydrogen-bond donors (Lipinski definition) is 0. The average Bonchev–Trinajstić information content (AvgIpc) is 3.04. The zero-order valence-corrected chi connectivity index (χ0v) is 22.0. The van der Waals surface area contributed by atoms with Crippen LogP contribution in [0.2, 0.25) is 10.0 Å². The van der Waals surface area contributed by atoms with Gasteiger partial charge in [-0.2, -0.15) is 4.31 Å². The molecule has 1 fully saturated rings. The smallest absolute Gasteiger partial charge is 0.343 e. The molecule has 0 atom stereocenters. The Morgan fingerprint density at radius 3 is 2.64 bits per heavy atom. The standard InChI is InChI=1S/C23H25Cl2N3O7S/c1-14(2)15-4-3-5-17-18(15)22(29)28(36(17,31)32)13-35-23(30)19-16(24)12-26-21(20(19)25)34-11-8-27-6-9-33-10-7-27/h3-5,12,14H,6-11,13H2,1-2H3. The van der Waals surface area contributed by atoms with Gasteiger partial charge in [-0.1, -0.05) is 49.2 Å². The number of ether oxygens (including phenoxy) is 3. The summed E-state index contributed by atoms with van der Waals surface area (Å²) >= 11 is 12.5. The fraction of sp³-hybridized carbons (Fsp3) is 0.435. The van der Waals surface area contributed by atoms with Gasteiger partial charge in [0, 0.05) is 19.6 Å². The number of rotatable bonds is 8. The number of morpholine rings is 1. The molecule has 0 radical (unpaired) electrons. The zero-order valence-electron chi connectivity index (χ0n) is 19.7. The maximum absolute atomic E-state index is 13.0. The van der Waals surface area contributed by atoms with Crippen molar-refractivity contribution in [3.8, 4) is 5.88 Å². The van der Waals surface area contributed by atoms with Gasteiger partial charge < -0.3 is 14.2 Å². The van der Waals surface area contributed by atoms with Crippen LogP contribution in [0.1, 0.15) is 46.0 Å². The molecule has 10 nitrogen and oxygen atoms in total. The van der Waals surface area contributed by atoms with Gasteiger partial charge in [0.15, 0.2) is 6.73 Å². The van der Waals surface area contributed by atoms with Crippen molar-refractivity contribution in [2.24, 2.45) is 0 Å². The fourth-order valence-electron chi connectivity index (χ4n) is 3.98. The van der Waals surface area contributed by atoms with Crippen LogP contribution in [0.15, 0.2) is 29.3 Å². The van der Waals surface area contributed by atoms with E-state index in [1.165, 1.54) is 12.3 Å². The van der Waals surface area contributed by atoms with Gasteiger partial charge in [-0.3, -0.25) is 9.69 Å². The van der Waals surface area contributed by atoms with Gasteiger partial charge in [-0.05, 0) is 17.5 Å². The van der Waals surface area contributed by atoms with Crippen molar-refractivity contribution >= 4 is 45.1 Å². The van der Waals surface area contributed by atoms with Crippen molar-refractivity contribution in [3.63, 3.8) is 0 Å². The Labute approximate surface area is 219 Å². The van der Waals surface area contributed by atoms with Crippen LogP contribution in [-0.2, 0) is 19.5 Å². The van der Waals surface area contributed by atoms with Crippen LogP contribution in [0.3, 0.4) is 0 Å². The van der Waals surface area contributed by atoms with Gasteiger partial charge in [0.2, 0.25) is 5.88 Å². The lowest BCUT2D eigenvalue weighted by Gasteiger charge is -2.26. The maximum Gasteiger partial charge on any atom is 0.343 e. The van der Waals surface area contributed by atoms with Crippen molar-refractivity contribution in [2.75, 3.05) is 46.2 Å². The number of esters is 1. The Kier molecular flexibility index (Phi) is 8.06. The van der Waals surface area contributed by atoms with Crippen LogP contribution >= 0.6 is 23.2 Å². The predicted molar refractivity (Wildman–Crippen MR) is 131 cm³/mol. The highest BCUT2D eigenvalue weighted by Gasteiger charge is 2.43.